The highest BCUT2D eigenvalue weighted by molar-refractivity contribution is 5.45. The van der Waals surface area contributed by atoms with Gasteiger partial charge in [-0.05, 0) is 38.8 Å². The molecule has 1 fully saturated rings. The highest BCUT2D eigenvalue weighted by atomic mass is 16.5. The van der Waals surface area contributed by atoms with Crippen LogP contribution in [-0.4, -0.2) is 35.3 Å². The summed E-state index contributed by atoms with van der Waals surface area (Å²) in [6.07, 6.45) is 3.28. The fraction of sp³-hybridized carbons (Fsp3) is 0.667. The zero-order valence-corrected chi connectivity index (χ0v) is 13.5. The van der Waals surface area contributed by atoms with E-state index in [-0.39, 0.29) is 17.6 Å². The van der Waals surface area contributed by atoms with Gasteiger partial charge in [-0.3, -0.25) is 4.90 Å². The molecule has 3 heteroatoms. The summed E-state index contributed by atoms with van der Waals surface area (Å²) in [5, 5.41) is 9.61. The largest absolute Gasteiger partial charge is 0.487 e. The Bertz CT molecular complexity index is 526. The van der Waals surface area contributed by atoms with Gasteiger partial charge in [0.15, 0.2) is 0 Å². The molecule has 1 saturated heterocycles. The number of aliphatic hydroxyl groups is 1. The fourth-order valence-electron chi connectivity index (χ4n) is 3.74. The number of likely N-dealkylation sites (tertiary alicyclic amines) is 1. The van der Waals surface area contributed by atoms with Gasteiger partial charge in [-0.2, -0.15) is 0 Å². The number of para-hydroxylation sites is 1. The van der Waals surface area contributed by atoms with Gasteiger partial charge >= 0.3 is 0 Å². The number of piperidine rings is 1. The first kappa shape index (κ1) is 14.9. The predicted molar refractivity (Wildman–Crippen MR) is 84.6 cm³/mol. The van der Waals surface area contributed by atoms with Crippen molar-refractivity contribution < 1.29 is 9.84 Å². The Labute approximate surface area is 127 Å². The summed E-state index contributed by atoms with van der Waals surface area (Å²) in [6, 6.07) is 6.51. The summed E-state index contributed by atoms with van der Waals surface area (Å²) in [4.78, 5) is 2.46. The van der Waals surface area contributed by atoms with Crippen LogP contribution in [0.5, 0.6) is 5.75 Å². The number of nitrogens with zero attached hydrogens (tertiary/aromatic N) is 1. The second-order valence-corrected chi connectivity index (χ2v) is 7.73. The van der Waals surface area contributed by atoms with Crippen LogP contribution in [0.3, 0.4) is 0 Å². The first-order valence-corrected chi connectivity index (χ1v) is 8.04. The van der Waals surface area contributed by atoms with E-state index in [0.717, 1.165) is 38.2 Å². The van der Waals surface area contributed by atoms with Crippen molar-refractivity contribution >= 4 is 0 Å². The topological polar surface area (TPSA) is 32.7 Å². The summed E-state index contributed by atoms with van der Waals surface area (Å²) >= 11 is 0. The van der Waals surface area contributed by atoms with Crippen molar-refractivity contribution in [2.24, 2.45) is 5.41 Å². The number of rotatable bonds is 3. The van der Waals surface area contributed by atoms with Gasteiger partial charge in [0.25, 0.3) is 0 Å². The van der Waals surface area contributed by atoms with Gasteiger partial charge in [0.1, 0.15) is 11.4 Å². The van der Waals surface area contributed by atoms with Crippen LogP contribution in [0.2, 0.25) is 0 Å². The van der Waals surface area contributed by atoms with Gasteiger partial charge in [0, 0.05) is 37.1 Å². The Morgan fingerprint density at radius 1 is 1.29 bits per heavy atom. The standard InChI is InChI=1S/C18H27NO2/c1-17(2)10-14-6-4-7-15(16(14)21-17)11-19-9-5-8-18(3,12-19)13-20/h4,6-7,20H,5,8-13H2,1-3H3. The van der Waals surface area contributed by atoms with E-state index >= 15 is 0 Å². The van der Waals surface area contributed by atoms with Crippen LogP contribution in [0.4, 0.5) is 0 Å². The molecule has 1 N–H and O–H groups in total. The highest BCUT2D eigenvalue weighted by Gasteiger charge is 2.34. The molecule has 0 bridgehead atoms. The lowest BCUT2D eigenvalue weighted by Crippen LogP contribution is -2.43. The number of fused-ring (bicyclic) bond motifs is 1. The predicted octanol–water partition coefficient (Wildman–Crippen LogP) is 2.99. The SMILES string of the molecule is CC1(CO)CCCN(Cc2cccc3c2OC(C)(C)C3)C1. The van der Waals surface area contributed by atoms with E-state index in [1.165, 1.54) is 17.5 Å². The van der Waals surface area contributed by atoms with Gasteiger partial charge in [-0.25, -0.2) is 0 Å². The molecule has 3 nitrogen and oxygen atoms in total. The zero-order chi connectivity index (χ0) is 15.1. The Morgan fingerprint density at radius 3 is 2.86 bits per heavy atom. The molecule has 2 aliphatic heterocycles. The Kier molecular flexibility index (Phi) is 3.74. The van der Waals surface area contributed by atoms with Gasteiger partial charge in [-0.1, -0.05) is 25.1 Å². The summed E-state index contributed by atoms with van der Waals surface area (Å²) in [5.41, 5.74) is 2.59. The smallest absolute Gasteiger partial charge is 0.127 e. The third kappa shape index (κ3) is 3.09. The molecule has 3 rings (SSSR count). The molecule has 0 saturated carbocycles. The van der Waals surface area contributed by atoms with Crippen LogP contribution in [0, 0.1) is 5.41 Å². The minimum Gasteiger partial charge on any atom is -0.487 e. The highest BCUT2D eigenvalue weighted by Crippen LogP contribution is 2.39. The maximum absolute atomic E-state index is 9.61. The molecule has 0 radical (unpaired) electrons. The van der Waals surface area contributed by atoms with Crippen molar-refractivity contribution in [2.75, 3.05) is 19.7 Å². The monoisotopic (exact) mass is 289 g/mol. The van der Waals surface area contributed by atoms with Crippen molar-refractivity contribution in [2.45, 2.75) is 52.2 Å². The molecule has 116 valence electrons. The first-order chi connectivity index (χ1) is 9.91. The van der Waals surface area contributed by atoms with Crippen LogP contribution in [0.1, 0.15) is 44.7 Å². The molecule has 0 amide bonds. The molecule has 1 aromatic carbocycles. The molecule has 1 aromatic rings. The average molecular weight is 289 g/mol. The molecular formula is C18H27NO2. The second kappa shape index (κ2) is 5.29. The number of hydrogen-bond donors (Lipinski definition) is 1. The summed E-state index contributed by atoms with van der Waals surface area (Å²) < 4.78 is 6.17. The molecule has 0 spiro atoms. The van der Waals surface area contributed by atoms with Gasteiger partial charge in [-0.15, -0.1) is 0 Å². The van der Waals surface area contributed by atoms with Crippen LogP contribution in [0.15, 0.2) is 18.2 Å². The third-order valence-corrected chi connectivity index (χ3v) is 4.81. The fourth-order valence-corrected chi connectivity index (χ4v) is 3.74. The van der Waals surface area contributed by atoms with E-state index in [4.69, 9.17) is 4.74 Å². The van der Waals surface area contributed by atoms with E-state index in [2.05, 4.69) is 43.9 Å². The third-order valence-electron chi connectivity index (χ3n) is 4.81. The Hall–Kier alpha value is -1.06. The van der Waals surface area contributed by atoms with Crippen LogP contribution in [-0.2, 0) is 13.0 Å². The Balaban J connectivity index is 1.76. The van der Waals surface area contributed by atoms with Crippen molar-refractivity contribution in [3.8, 4) is 5.75 Å². The lowest BCUT2D eigenvalue weighted by Gasteiger charge is -2.39. The lowest BCUT2D eigenvalue weighted by molar-refractivity contribution is 0.0420. The van der Waals surface area contributed by atoms with Gasteiger partial charge in [0.2, 0.25) is 0 Å². The van der Waals surface area contributed by atoms with E-state index in [1.54, 1.807) is 0 Å². The van der Waals surface area contributed by atoms with E-state index in [9.17, 15) is 5.11 Å². The van der Waals surface area contributed by atoms with Crippen molar-refractivity contribution in [3.05, 3.63) is 29.3 Å². The maximum Gasteiger partial charge on any atom is 0.127 e. The quantitative estimate of drug-likeness (QED) is 0.928. The van der Waals surface area contributed by atoms with E-state index < -0.39 is 0 Å². The average Bonchev–Trinajstić information content (AvgIpc) is 2.74. The zero-order valence-electron chi connectivity index (χ0n) is 13.5. The number of hydrogen-bond acceptors (Lipinski definition) is 3. The van der Waals surface area contributed by atoms with E-state index in [1.807, 2.05) is 0 Å². The molecule has 0 aliphatic carbocycles. The first-order valence-electron chi connectivity index (χ1n) is 8.04. The summed E-state index contributed by atoms with van der Waals surface area (Å²) in [7, 11) is 0. The normalized spacial score (nSPS) is 28.2. The summed E-state index contributed by atoms with van der Waals surface area (Å²) in [6.45, 7) is 9.78. The van der Waals surface area contributed by atoms with Crippen molar-refractivity contribution in [3.63, 3.8) is 0 Å². The van der Waals surface area contributed by atoms with Crippen molar-refractivity contribution in [1.82, 2.24) is 4.90 Å². The summed E-state index contributed by atoms with van der Waals surface area (Å²) in [5.74, 6) is 1.10. The van der Waals surface area contributed by atoms with Crippen LogP contribution < -0.4 is 4.74 Å². The Morgan fingerprint density at radius 2 is 2.10 bits per heavy atom. The van der Waals surface area contributed by atoms with Crippen molar-refractivity contribution in [1.29, 1.82) is 0 Å². The molecule has 21 heavy (non-hydrogen) atoms. The molecular weight excluding hydrogens is 262 g/mol. The number of benzene rings is 1. The molecule has 2 aliphatic rings. The number of ether oxygens (including phenoxy) is 1. The second-order valence-electron chi connectivity index (χ2n) is 7.73. The van der Waals surface area contributed by atoms with Crippen LogP contribution >= 0.6 is 0 Å². The van der Waals surface area contributed by atoms with Crippen LogP contribution in [0.25, 0.3) is 0 Å². The molecule has 2 heterocycles. The van der Waals surface area contributed by atoms with Gasteiger partial charge in [0.05, 0.1) is 0 Å². The minimum atomic E-state index is -0.0834. The molecule has 0 aromatic heterocycles. The molecule has 1 atom stereocenters. The number of aliphatic hydroxyl groups excluding tert-OH is 1. The minimum absolute atomic E-state index is 0.0519. The maximum atomic E-state index is 9.61. The lowest BCUT2D eigenvalue weighted by atomic mass is 9.82. The van der Waals surface area contributed by atoms with Gasteiger partial charge < -0.3 is 9.84 Å². The van der Waals surface area contributed by atoms with E-state index in [0.29, 0.717) is 0 Å². The molecule has 1 unspecified atom stereocenters.